The van der Waals surface area contributed by atoms with Crippen molar-refractivity contribution in [2.24, 2.45) is 7.05 Å². The summed E-state index contributed by atoms with van der Waals surface area (Å²) in [7, 11) is 1.68. The Kier molecular flexibility index (Phi) is 2.96. The molecule has 6 nitrogen and oxygen atoms in total. The van der Waals surface area contributed by atoms with E-state index in [9.17, 15) is 4.79 Å². The maximum Gasteiger partial charge on any atom is 0.273 e. The minimum atomic E-state index is -0.196. The van der Waals surface area contributed by atoms with Crippen molar-refractivity contribution in [2.75, 3.05) is 13.2 Å². The lowest BCUT2D eigenvalue weighted by Gasteiger charge is -2.09. The van der Waals surface area contributed by atoms with Gasteiger partial charge in [-0.15, -0.1) is 5.10 Å². The van der Waals surface area contributed by atoms with E-state index >= 15 is 0 Å². The number of amides is 1. The molecule has 0 aromatic carbocycles. The van der Waals surface area contributed by atoms with Crippen LogP contribution >= 0.6 is 0 Å². The Labute approximate surface area is 87.6 Å². The fourth-order valence-electron chi connectivity index (χ4n) is 1.55. The summed E-state index contributed by atoms with van der Waals surface area (Å²) in [5.41, 5.74) is 0.343. The molecule has 2 heterocycles. The van der Waals surface area contributed by atoms with Crippen molar-refractivity contribution in [1.29, 1.82) is 0 Å². The number of ether oxygens (including phenoxy) is 1. The highest BCUT2D eigenvalue weighted by Gasteiger charge is 2.17. The first-order valence-electron chi connectivity index (χ1n) is 5.02. The predicted molar refractivity (Wildman–Crippen MR) is 52.3 cm³/mol. The highest BCUT2D eigenvalue weighted by molar-refractivity contribution is 5.91. The molecule has 1 fully saturated rings. The molecule has 2 rings (SSSR count). The summed E-state index contributed by atoms with van der Waals surface area (Å²) in [6.45, 7) is 1.35. The van der Waals surface area contributed by atoms with Crippen LogP contribution in [0.1, 0.15) is 23.3 Å². The van der Waals surface area contributed by atoms with Crippen molar-refractivity contribution in [3.05, 3.63) is 11.9 Å². The minimum Gasteiger partial charge on any atom is -0.376 e. The van der Waals surface area contributed by atoms with Crippen LogP contribution in [0.5, 0.6) is 0 Å². The van der Waals surface area contributed by atoms with E-state index in [0.29, 0.717) is 12.2 Å². The lowest BCUT2D eigenvalue weighted by atomic mass is 10.2. The van der Waals surface area contributed by atoms with Crippen LogP contribution in [0.4, 0.5) is 0 Å². The molecule has 1 saturated heterocycles. The molecule has 1 amide bonds. The summed E-state index contributed by atoms with van der Waals surface area (Å²) in [5.74, 6) is -0.196. The van der Waals surface area contributed by atoms with Crippen LogP contribution in [0, 0.1) is 0 Å². The van der Waals surface area contributed by atoms with E-state index in [0.717, 1.165) is 19.4 Å². The molecule has 1 aromatic heterocycles. The third-order valence-electron chi connectivity index (χ3n) is 2.35. The normalized spacial score (nSPS) is 20.5. The molecular weight excluding hydrogens is 196 g/mol. The van der Waals surface area contributed by atoms with E-state index in [1.807, 2.05) is 0 Å². The molecule has 1 aliphatic heterocycles. The van der Waals surface area contributed by atoms with Crippen molar-refractivity contribution >= 4 is 5.91 Å². The van der Waals surface area contributed by atoms with Gasteiger partial charge in [-0.1, -0.05) is 0 Å². The average molecular weight is 210 g/mol. The van der Waals surface area contributed by atoms with Gasteiger partial charge in [-0.25, -0.2) is 0 Å². The summed E-state index contributed by atoms with van der Waals surface area (Å²) >= 11 is 0. The third-order valence-corrected chi connectivity index (χ3v) is 2.35. The third kappa shape index (κ3) is 2.53. The topological polar surface area (TPSA) is 69.0 Å². The Hall–Kier alpha value is -1.43. The second kappa shape index (κ2) is 4.39. The van der Waals surface area contributed by atoms with Gasteiger partial charge in [0, 0.05) is 20.2 Å². The zero-order valence-electron chi connectivity index (χ0n) is 8.64. The molecule has 0 bridgehead atoms. The molecule has 1 atom stereocenters. The summed E-state index contributed by atoms with van der Waals surface area (Å²) in [6, 6.07) is 0. The predicted octanol–water partition coefficient (Wildman–Crippen LogP) is -0.276. The van der Waals surface area contributed by atoms with Crippen LogP contribution < -0.4 is 5.32 Å². The molecule has 6 heteroatoms. The number of nitrogens with zero attached hydrogens (tertiary/aromatic N) is 3. The van der Waals surface area contributed by atoms with Crippen LogP contribution in [-0.4, -0.2) is 40.2 Å². The van der Waals surface area contributed by atoms with Crippen LogP contribution in [0.15, 0.2) is 6.20 Å². The number of hydrogen-bond donors (Lipinski definition) is 1. The Morgan fingerprint density at radius 1 is 1.80 bits per heavy atom. The quantitative estimate of drug-likeness (QED) is 0.745. The van der Waals surface area contributed by atoms with Crippen molar-refractivity contribution in [2.45, 2.75) is 18.9 Å². The van der Waals surface area contributed by atoms with E-state index in [-0.39, 0.29) is 12.0 Å². The summed E-state index contributed by atoms with van der Waals surface area (Å²) in [6.07, 6.45) is 3.70. The second-order valence-electron chi connectivity index (χ2n) is 3.56. The number of carbonyl (C=O) groups excluding carboxylic acids is 1. The molecule has 0 saturated carbocycles. The summed E-state index contributed by atoms with van der Waals surface area (Å²) in [5, 5.41) is 10.5. The first-order valence-corrected chi connectivity index (χ1v) is 5.02. The standard InChI is InChI=1S/C9H14N4O2/c1-13-11-6-8(12-13)9(14)10-5-7-3-2-4-15-7/h6-7H,2-5H2,1H3,(H,10,14). The molecule has 0 spiro atoms. The summed E-state index contributed by atoms with van der Waals surface area (Å²) in [4.78, 5) is 12.9. The highest BCUT2D eigenvalue weighted by atomic mass is 16.5. The molecule has 0 radical (unpaired) electrons. The van der Waals surface area contributed by atoms with Crippen molar-refractivity contribution in [3.63, 3.8) is 0 Å². The Morgan fingerprint density at radius 3 is 3.27 bits per heavy atom. The minimum absolute atomic E-state index is 0.158. The van der Waals surface area contributed by atoms with Gasteiger partial charge in [0.05, 0.1) is 12.3 Å². The largest absolute Gasteiger partial charge is 0.376 e. The van der Waals surface area contributed by atoms with Crippen molar-refractivity contribution in [1.82, 2.24) is 20.3 Å². The van der Waals surface area contributed by atoms with E-state index in [4.69, 9.17) is 4.74 Å². The smallest absolute Gasteiger partial charge is 0.273 e. The monoisotopic (exact) mass is 210 g/mol. The zero-order valence-corrected chi connectivity index (χ0v) is 8.64. The van der Waals surface area contributed by atoms with Crippen LogP contribution in [-0.2, 0) is 11.8 Å². The van der Waals surface area contributed by atoms with Crippen LogP contribution in [0.25, 0.3) is 0 Å². The Bertz CT molecular complexity index is 344. The lowest BCUT2D eigenvalue weighted by Crippen LogP contribution is -2.32. The maximum atomic E-state index is 11.5. The van der Waals surface area contributed by atoms with Crippen molar-refractivity contribution in [3.8, 4) is 0 Å². The number of rotatable bonds is 3. The highest BCUT2D eigenvalue weighted by Crippen LogP contribution is 2.10. The second-order valence-corrected chi connectivity index (χ2v) is 3.56. The van der Waals surface area contributed by atoms with Crippen LogP contribution in [0.2, 0.25) is 0 Å². The SMILES string of the molecule is Cn1ncc(C(=O)NCC2CCCO2)n1. The van der Waals surface area contributed by atoms with Gasteiger partial charge >= 0.3 is 0 Å². The van der Waals surface area contributed by atoms with E-state index in [1.165, 1.54) is 11.0 Å². The number of carbonyl (C=O) groups is 1. The van der Waals surface area contributed by atoms with Gasteiger partial charge in [0.15, 0.2) is 5.69 Å². The number of nitrogens with one attached hydrogen (secondary N) is 1. The van der Waals surface area contributed by atoms with Gasteiger partial charge < -0.3 is 10.1 Å². The van der Waals surface area contributed by atoms with E-state index < -0.39 is 0 Å². The summed E-state index contributed by atoms with van der Waals surface area (Å²) < 4.78 is 5.39. The molecule has 1 unspecified atom stereocenters. The molecule has 0 aliphatic carbocycles. The van der Waals surface area contributed by atoms with Crippen molar-refractivity contribution < 1.29 is 9.53 Å². The number of hydrogen-bond acceptors (Lipinski definition) is 4. The fourth-order valence-corrected chi connectivity index (χ4v) is 1.55. The Balaban J connectivity index is 1.81. The number of aromatic nitrogens is 3. The van der Waals surface area contributed by atoms with Crippen LogP contribution in [0.3, 0.4) is 0 Å². The van der Waals surface area contributed by atoms with Gasteiger partial charge in [0.25, 0.3) is 5.91 Å². The molecule has 1 aromatic rings. The van der Waals surface area contributed by atoms with Gasteiger partial charge in [-0.05, 0) is 12.8 Å². The van der Waals surface area contributed by atoms with E-state index in [2.05, 4.69) is 15.5 Å². The van der Waals surface area contributed by atoms with Gasteiger partial charge in [0.1, 0.15) is 0 Å². The molecular formula is C9H14N4O2. The van der Waals surface area contributed by atoms with Gasteiger partial charge in [-0.3, -0.25) is 4.79 Å². The fraction of sp³-hybridized carbons (Fsp3) is 0.667. The number of aryl methyl sites for hydroxylation is 1. The molecule has 82 valence electrons. The van der Waals surface area contributed by atoms with E-state index in [1.54, 1.807) is 7.05 Å². The first kappa shape index (κ1) is 10.1. The maximum absolute atomic E-state index is 11.5. The lowest BCUT2D eigenvalue weighted by molar-refractivity contribution is 0.0853. The zero-order chi connectivity index (χ0) is 10.7. The first-order chi connectivity index (χ1) is 7.25. The van der Waals surface area contributed by atoms with Gasteiger partial charge in [0.2, 0.25) is 0 Å². The molecule has 15 heavy (non-hydrogen) atoms. The Morgan fingerprint density at radius 2 is 2.67 bits per heavy atom. The average Bonchev–Trinajstić information content (AvgIpc) is 2.84. The van der Waals surface area contributed by atoms with Gasteiger partial charge in [-0.2, -0.15) is 9.90 Å². The molecule has 1 aliphatic rings. The molecule has 1 N–H and O–H groups in total.